The standard InChI is InChI=1S/C20H16FN3O3/c21-16-7-5-12(6-8-16)19(26)22-17(11-25)20-23-18(24-27-20)15-9-13-3-1-2-4-14(13)10-15/h1-9,17,25H,10-11H2,(H,22,26)/t17-/m0/s1. The molecule has 0 aliphatic heterocycles. The van der Waals surface area contributed by atoms with Crippen LogP contribution < -0.4 is 5.32 Å². The van der Waals surface area contributed by atoms with Gasteiger partial charge in [-0.05, 0) is 41.5 Å². The van der Waals surface area contributed by atoms with Crippen LogP contribution in [-0.4, -0.2) is 27.8 Å². The highest BCUT2D eigenvalue weighted by Crippen LogP contribution is 2.30. The van der Waals surface area contributed by atoms with E-state index in [2.05, 4.69) is 15.5 Å². The molecule has 1 aromatic heterocycles. The second-order valence-electron chi connectivity index (χ2n) is 6.22. The third-order valence-corrected chi connectivity index (χ3v) is 4.39. The third kappa shape index (κ3) is 3.50. The van der Waals surface area contributed by atoms with E-state index in [9.17, 15) is 14.3 Å². The summed E-state index contributed by atoms with van der Waals surface area (Å²) in [5.41, 5.74) is 3.47. The lowest BCUT2D eigenvalue weighted by Crippen LogP contribution is -2.31. The van der Waals surface area contributed by atoms with Crippen molar-refractivity contribution in [1.82, 2.24) is 15.5 Å². The van der Waals surface area contributed by atoms with Crippen LogP contribution in [0.15, 0.2) is 53.1 Å². The Kier molecular flexibility index (Phi) is 4.52. The topological polar surface area (TPSA) is 88.2 Å². The van der Waals surface area contributed by atoms with Crippen LogP contribution in [0.5, 0.6) is 0 Å². The predicted molar refractivity (Wildman–Crippen MR) is 96.0 cm³/mol. The van der Waals surface area contributed by atoms with E-state index in [-0.39, 0.29) is 11.5 Å². The number of carbonyl (C=O) groups is 1. The van der Waals surface area contributed by atoms with E-state index in [1.54, 1.807) is 0 Å². The van der Waals surface area contributed by atoms with Gasteiger partial charge in [0, 0.05) is 17.6 Å². The van der Waals surface area contributed by atoms with Crippen LogP contribution in [0.3, 0.4) is 0 Å². The number of hydrogen-bond donors (Lipinski definition) is 2. The first kappa shape index (κ1) is 17.1. The van der Waals surface area contributed by atoms with Gasteiger partial charge in [0.15, 0.2) is 5.82 Å². The maximum absolute atomic E-state index is 13.0. The maximum atomic E-state index is 13.0. The van der Waals surface area contributed by atoms with Gasteiger partial charge in [-0.1, -0.05) is 29.4 Å². The molecule has 136 valence electrons. The molecule has 1 amide bonds. The smallest absolute Gasteiger partial charge is 0.251 e. The number of aliphatic hydroxyl groups excluding tert-OH is 1. The van der Waals surface area contributed by atoms with E-state index < -0.39 is 24.4 Å². The zero-order valence-electron chi connectivity index (χ0n) is 14.2. The maximum Gasteiger partial charge on any atom is 0.251 e. The first-order chi connectivity index (χ1) is 13.1. The van der Waals surface area contributed by atoms with Gasteiger partial charge in [-0.25, -0.2) is 4.39 Å². The number of rotatable bonds is 5. The predicted octanol–water partition coefficient (Wildman–Crippen LogP) is 2.77. The molecule has 0 radical (unpaired) electrons. The van der Waals surface area contributed by atoms with Crippen LogP contribution >= 0.6 is 0 Å². The van der Waals surface area contributed by atoms with Crippen molar-refractivity contribution in [2.24, 2.45) is 0 Å². The van der Waals surface area contributed by atoms with Gasteiger partial charge >= 0.3 is 0 Å². The summed E-state index contributed by atoms with van der Waals surface area (Å²) in [7, 11) is 0. The molecule has 2 aromatic carbocycles. The number of amides is 1. The molecule has 1 heterocycles. The highest BCUT2D eigenvalue weighted by Gasteiger charge is 2.24. The third-order valence-electron chi connectivity index (χ3n) is 4.39. The fourth-order valence-electron chi connectivity index (χ4n) is 2.96. The Hall–Kier alpha value is -3.32. The van der Waals surface area contributed by atoms with Gasteiger partial charge < -0.3 is 14.9 Å². The molecule has 1 aliphatic rings. The van der Waals surface area contributed by atoms with Gasteiger partial charge in [0.2, 0.25) is 0 Å². The molecular formula is C20H16FN3O3. The minimum atomic E-state index is -0.854. The molecule has 1 aliphatic carbocycles. The highest BCUT2D eigenvalue weighted by atomic mass is 19.1. The zero-order valence-corrected chi connectivity index (χ0v) is 14.2. The van der Waals surface area contributed by atoms with Crippen molar-refractivity contribution < 1.29 is 18.8 Å². The minimum Gasteiger partial charge on any atom is -0.394 e. The van der Waals surface area contributed by atoms with Crippen molar-refractivity contribution in [2.45, 2.75) is 12.5 Å². The lowest BCUT2D eigenvalue weighted by molar-refractivity contribution is 0.0901. The number of halogens is 1. The number of fused-ring (bicyclic) bond motifs is 1. The molecule has 0 spiro atoms. The van der Waals surface area contributed by atoms with E-state index >= 15 is 0 Å². The Labute approximate surface area is 154 Å². The Morgan fingerprint density at radius 2 is 2.00 bits per heavy atom. The summed E-state index contributed by atoms with van der Waals surface area (Å²) in [5, 5.41) is 16.2. The zero-order chi connectivity index (χ0) is 18.8. The summed E-state index contributed by atoms with van der Waals surface area (Å²) in [4.78, 5) is 16.6. The van der Waals surface area contributed by atoms with E-state index in [0.29, 0.717) is 12.2 Å². The second-order valence-corrected chi connectivity index (χ2v) is 6.22. The second kappa shape index (κ2) is 7.13. The van der Waals surface area contributed by atoms with Gasteiger partial charge in [0.1, 0.15) is 11.9 Å². The number of hydrogen-bond acceptors (Lipinski definition) is 5. The molecule has 3 aromatic rings. The molecule has 4 rings (SSSR count). The summed E-state index contributed by atoms with van der Waals surface area (Å²) in [6, 6.07) is 12.3. The van der Waals surface area contributed by atoms with Crippen LogP contribution in [0.2, 0.25) is 0 Å². The normalized spacial score (nSPS) is 13.8. The number of benzene rings is 2. The molecule has 0 saturated heterocycles. The van der Waals surface area contributed by atoms with Crippen molar-refractivity contribution in [3.63, 3.8) is 0 Å². The quantitative estimate of drug-likeness (QED) is 0.726. The first-order valence-corrected chi connectivity index (χ1v) is 8.44. The van der Waals surface area contributed by atoms with Crippen LogP contribution in [0.1, 0.15) is 39.2 Å². The Balaban J connectivity index is 1.50. The van der Waals surface area contributed by atoms with Gasteiger partial charge in [-0.15, -0.1) is 0 Å². The number of aromatic nitrogens is 2. The molecular weight excluding hydrogens is 349 g/mol. The van der Waals surface area contributed by atoms with Crippen molar-refractivity contribution >= 4 is 17.6 Å². The molecule has 0 fully saturated rings. The SMILES string of the molecule is O=C(N[C@@H](CO)c1nc(C2=Cc3ccccc3C2)no1)c1ccc(F)cc1. The first-order valence-electron chi connectivity index (χ1n) is 8.44. The fourth-order valence-corrected chi connectivity index (χ4v) is 2.96. The number of aliphatic hydroxyl groups is 1. The van der Waals surface area contributed by atoms with Crippen molar-refractivity contribution in [1.29, 1.82) is 0 Å². The van der Waals surface area contributed by atoms with Gasteiger partial charge in [-0.3, -0.25) is 4.79 Å². The molecule has 0 unspecified atom stereocenters. The summed E-state index contributed by atoms with van der Waals surface area (Å²) < 4.78 is 18.2. The largest absolute Gasteiger partial charge is 0.394 e. The summed E-state index contributed by atoms with van der Waals surface area (Å²) in [6.07, 6.45) is 2.69. The average molecular weight is 365 g/mol. The lowest BCUT2D eigenvalue weighted by atomic mass is 10.1. The molecule has 6 nitrogen and oxygen atoms in total. The Morgan fingerprint density at radius 1 is 1.22 bits per heavy atom. The number of nitrogens with zero attached hydrogens (tertiary/aromatic N) is 2. The molecule has 7 heteroatoms. The van der Waals surface area contributed by atoms with E-state index in [0.717, 1.165) is 11.1 Å². The van der Waals surface area contributed by atoms with Crippen LogP contribution in [0.25, 0.3) is 11.6 Å². The summed E-state index contributed by atoms with van der Waals surface area (Å²) in [5.74, 6) is -0.366. The van der Waals surface area contributed by atoms with E-state index in [1.807, 2.05) is 30.3 Å². The van der Waals surface area contributed by atoms with E-state index in [1.165, 1.54) is 29.8 Å². The molecule has 1 atom stereocenters. The highest BCUT2D eigenvalue weighted by molar-refractivity contribution is 5.94. The van der Waals surface area contributed by atoms with Crippen molar-refractivity contribution in [3.8, 4) is 0 Å². The average Bonchev–Trinajstić information content (AvgIpc) is 3.33. The van der Waals surface area contributed by atoms with Gasteiger partial charge in [0.25, 0.3) is 11.8 Å². The minimum absolute atomic E-state index is 0.111. The van der Waals surface area contributed by atoms with Crippen LogP contribution in [0.4, 0.5) is 4.39 Å². The Bertz CT molecular complexity index is 1010. The van der Waals surface area contributed by atoms with Crippen LogP contribution in [-0.2, 0) is 6.42 Å². The lowest BCUT2D eigenvalue weighted by Gasteiger charge is -2.12. The Morgan fingerprint density at radius 3 is 2.74 bits per heavy atom. The van der Waals surface area contributed by atoms with E-state index in [4.69, 9.17) is 4.52 Å². The molecule has 2 N–H and O–H groups in total. The van der Waals surface area contributed by atoms with Gasteiger partial charge in [-0.2, -0.15) is 4.98 Å². The van der Waals surface area contributed by atoms with Crippen LogP contribution in [0, 0.1) is 5.82 Å². The monoisotopic (exact) mass is 365 g/mol. The summed E-state index contributed by atoms with van der Waals surface area (Å²) >= 11 is 0. The molecule has 27 heavy (non-hydrogen) atoms. The fraction of sp³-hybridized carbons (Fsp3) is 0.150. The van der Waals surface area contributed by atoms with Crippen molar-refractivity contribution in [3.05, 3.63) is 82.8 Å². The van der Waals surface area contributed by atoms with Crippen molar-refractivity contribution in [2.75, 3.05) is 6.61 Å². The van der Waals surface area contributed by atoms with Gasteiger partial charge in [0.05, 0.1) is 6.61 Å². The number of carbonyl (C=O) groups excluding carboxylic acids is 1. The number of allylic oxidation sites excluding steroid dienone is 1. The molecule has 0 bridgehead atoms. The number of nitrogens with one attached hydrogen (secondary N) is 1. The molecule has 0 saturated carbocycles. The summed E-state index contributed by atoms with van der Waals surface area (Å²) in [6.45, 7) is -0.409.